The van der Waals surface area contributed by atoms with Gasteiger partial charge in [0, 0.05) is 16.2 Å². The van der Waals surface area contributed by atoms with E-state index in [-0.39, 0.29) is 23.3 Å². The summed E-state index contributed by atoms with van der Waals surface area (Å²) in [6.07, 6.45) is 0.461. The zero-order valence-corrected chi connectivity index (χ0v) is 11.8. The molecule has 1 rings (SSSR count). The average Bonchev–Trinajstić information content (AvgIpc) is 1.93. The van der Waals surface area contributed by atoms with Crippen LogP contribution in [-0.4, -0.2) is 31.9 Å². The highest BCUT2D eigenvalue weighted by molar-refractivity contribution is 8.13. The number of hydrogen-bond acceptors (Lipinski definition) is 4. The first-order valence-electron chi connectivity index (χ1n) is 5.46. The summed E-state index contributed by atoms with van der Waals surface area (Å²) in [5, 5.41) is 2.68. The molecule has 1 aliphatic carbocycles. The van der Waals surface area contributed by atoms with Gasteiger partial charge in [0.2, 0.25) is 9.05 Å². The summed E-state index contributed by atoms with van der Waals surface area (Å²) < 4.78 is 26.7. The van der Waals surface area contributed by atoms with Crippen LogP contribution in [0.25, 0.3) is 0 Å². The highest BCUT2D eigenvalue weighted by Gasteiger charge is 2.35. The number of carbonyl (C=O) groups excluding carboxylic acids is 1. The van der Waals surface area contributed by atoms with E-state index in [1.165, 1.54) is 0 Å². The van der Waals surface area contributed by atoms with Gasteiger partial charge in [-0.2, -0.15) is 0 Å². The van der Waals surface area contributed by atoms with Crippen molar-refractivity contribution in [3.05, 3.63) is 0 Å². The Labute approximate surface area is 106 Å². The Balaban J connectivity index is 2.24. The summed E-state index contributed by atoms with van der Waals surface area (Å²) in [6.45, 7) is 5.58. The molecule has 5 nitrogen and oxygen atoms in total. The molecule has 0 aliphatic heterocycles. The Kier molecular flexibility index (Phi) is 4.30. The molecule has 0 bridgehead atoms. The summed E-state index contributed by atoms with van der Waals surface area (Å²) in [6, 6.07) is 0. The predicted molar refractivity (Wildman–Crippen MR) is 65.5 cm³/mol. The van der Waals surface area contributed by atoms with Crippen molar-refractivity contribution in [2.24, 2.45) is 5.92 Å². The molecular formula is C10H18ClNO4S. The molecular weight excluding hydrogens is 266 g/mol. The van der Waals surface area contributed by atoms with E-state index in [1.807, 2.05) is 20.8 Å². The van der Waals surface area contributed by atoms with Crippen LogP contribution in [0.5, 0.6) is 0 Å². The molecule has 0 aromatic heterocycles. The number of ether oxygens (including phenoxy) is 1. The van der Waals surface area contributed by atoms with Crippen LogP contribution in [0, 0.1) is 5.92 Å². The zero-order valence-electron chi connectivity index (χ0n) is 10.2. The lowest BCUT2D eigenvalue weighted by Crippen LogP contribution is -2.45. The first kappa shape index (κ1) is 14.6. The molecule has 0 unspecified atom stereocenters. The lowest BCUT2D eigenvalue weighted by atomic mass is 9.84. The average molecular weight is 284 g/mol. The van der Waals surface area contributed by atoms with E-state index in [9.17, 15) is 13.2 Å². The molecule has 0 radical (unpaired) electrons. The van der Waals surface area contributed by atoms with Crippen molar-refractivity contribution in [3.8, 4) is 0 Å². The maximum atomic E-state index is 11.4. The summed E-state index contributed by atoms with van der Waals surface area (Å²) in [5.74, 6) is -0.0418. The minimum absolute atomic E-state index is 0.00457. The van der Waals surface area contributed by atoms with Crippen LogP contribution in [0.2, 0.25) is 0 Å². The fourth-order valence-corrected chi connectivity index (χ4v) is 3.05. The quantitative estimate of drug-likeness (QED) is 0.803. The van der Waals surface area contributed by atoms with Crippen molar-refractivity contribution >= 4 is 25.8 Å². The molecule has 1 aliphatic rings. The van der Waals surface area contributed by atoms with Gasteiger partial charge >= 0.3 is 6.09 Å². The van der Waals surface area contributed by atoms with Gasteiger partial charge in [-0.15, -0.1) is 0 Å². The first-order valence-corrected chi connectivity index (χ1v) is 7.94. The van der Waals surface area contributed by atoms with Crippen molar-refractivity contribution in [2.45, 2.75) is 45.3 Å². The van der Waals surface area contributed by atoms with Crippen LogP contribution in [0.4, 0.5) is 4.79 Å². The van der Waals surface area contributed by atoms with E-state index in [0.717, 1.165) is 0 Å². The first-order chi connectivity index (χ1) is 7.55. The zero-order chi connectivity index (χ0) is 13.3. The van der Waals surface area contributed by atoms with E-state index in [2.05, 4.69) is 5.32 Å². The molecule has 0 aromatic carbocycles. The van der Waals surface area contributed by atoms with Crippen molar-refractivity contribution < 1.29 is 17.9 Å². The Bertz CT molecular complexity index is 382. The lowest BCUT2D eigenvalue weighted by Gasteiger charge is -2.34. The van der Waals surface area contributed by atoms with Crippen molar-refractivity contribution in [1.82, 2.24) is 5.32 Å². The van der Waals surface area contributed by atoms with Gasteiger partial charge in [-0.05, 0) is 39.5 Å². The van der Waals surface area contributed by atoms with Gasteiger partial charge in [0.1, 0.15) is 6.10 Å². The largest absolute Gasteiger partial charge is 0.446 e. The number of rotatable bonds is 3. The van der Waals surface area contributed by atoms with Gasteiger partial charge in [-0.3, -0.25) is 0 Å². The van der Waals surface area contributed by atoms with E-state index in [0.29, 0.717) is 12.8 Å². The van der Waals surface area contributed by atoms with E-state index in [1.54, 1.807) is 0 Å². The number of carbonyl (C=O) groups is 1. The van der Waals surface area contributed by atoms with Crippen LogP contribution >= 0.6 is 10.7 Å². The van der Waals surface area contributed by atoms with Crippen LogP contribution in [0.15, 0.2) is 0 Å². The number of hydrogen-bond donors (Lipinski definition) is 1. The predicted octanol–water partition coefficient (Wildman–Crippen LogP) is 1.86. The van der Waals surface area contributed by atoms with E-state index < -0.39 is 15.1 Å². The smallest absolute Gasteiger partial charge is 0.407 e. The van der Waals surface area contributed by atoms with Gasteiger partial charge in [-0.1, -0.05) is 0 Å². The molecule has 0 spiro atoms. The molecule has 100 valence electrons. The summed E-state index contributed by atoms with van der Waals surface area (Å²) in [4.78, 5) is 11.4. The molecule has 0 aromatic rings. The standard InChI is InChI=1S/C10H18ClNO4S/c1-10(2,3)12-9(13)16-8-4-7(5-8)6-17(11,14)15/h7-8H,4-6H2,1-3H3,(H,12,13). The second-order valence-corrected chi connectivity index (χ2v) is 8.27. The normalized spacial score (nSPS) is 24.9. The molecule has 0 saturated heterocycles. The van der Waals surface area contributed by atoms with Gasteiger partial charge in [0.05, 0.1) is 5.75 Å². The Morgan fingerprint density at radius 3 is 2.35 bits per heavy atom. The third kappa shape index (κ3) is 6.12. The molecule has 17 heavy (non-hydrogen) atoms. The van der Waals surface area contributed by atoms with E-state index in [4.69, 9.17) is 15.4 Å². The molecule has 1 fully saturated rings. The fraction of sp³-hybridized carbons (Fsp3) is 0.900. The van der Waals surface area contributed by atoms with Gasteiger partial charge in [0.15, 0.2) is 0 Å². The topological polar surface area (TPSA) is 72.5 Å². The SMILES string of the molecule is CC(C)(C)NC(=O)OC1CC(CS(=O)(=O)Cl)C1. The van der Waals surface area contributed by atoms with Crippen LogP contribution in [-0.2, 0) is 13.8 Å². The lowest BCUT2D eigenvalue weighted by molar-refractivity contribution is 0.0212. The third-order valence-corrected chi connectivity index (χ3v) is 3.63. The second-order valence-electron chi connectivity index (χ2n) is 5.45. The molecule has 1 saturated carbocycles. The molecule has 0 heterocycles. The third-order valence-electron chi connectivity index (χ3n) is 2.38. The maximum Gasteiger partial charge on any atom is 0.407 e. The highest BCUT2D eigenvalue weighted by Crippen LogP contribution is 2.32. The second kappa shape index (κ2) is 5.02. The number of alkyl carbamates (subject to hydrolysis) is 1. The number of nitrogens with one attached hydrogen (secondary N) is 1. The minimum Gasteiger partial charge on any atom is -0.446 e. The van der Waals surface area contributed by atoms with E-state index >= 15 is 0 Å². The van der Waals surface area contributed by atoms with Gasteiger partial charge < -0.3 is 10.1 Å². The minimum atomic E-state index is -3.45. The van der Waals surface area contributed by atoms with Crippen molar-refractivity contribution in [2.75, 3.05) is 5.75 Å². The van der Waals surface area contributed by atoms with Crippen LogP contribution in [0.3, 0.4) is 0 Å². The molecule has 7 heteroatoms. The molecule has 1 N–H and O–H groups in total. The summed E-state index contributed by atoms with van der Waals surface area (Å²) >= 11 is 0. The van der Waals surface area contributed by atoms with Gasteiger partial charge in [0.25, 0.3) is 0 Å². The Morgan fingerprint density at radius 1 is 1.41 bits per heavy atom. The number of halogens is 1. The fourth-order valence-electron chi connectivity index (χ4n) is 1.68. The van der Waals surface area contributed by atoms with Crippen molar-refractivity contribution in [1.29, 1.82) is 0 Å². The maximum absolute atomic E-state index is 11.4. The molecule has 0 atom stereocenters. The monoisotopic (exact) mass is 283 g/mol. The van der Waals surface area contributed by atoms with Crippen LogP contribution in [0.1, 0.15) is 33.6 Å². The van der Waals surface area contributed by atoms with Crippen molar-refractivity contribution in [3.63, 3.8) is 0 Å². The summed E-state index contributed by atoms with van der Waals surface area (Å²) in [7, 11) is 1.68. The van der Waals surface area contributed by atoms with Crippen LogP contribution < -0.4 is 5.32 Å². The summed E-state index contributed by atoms with van der Waals surface area (Å²) in [5.41, 5.74) is -0.334. The van der Waals surface area contributed by atoms with Gasteiger partial charge in [-0.25, -0.2) is 13.2 Å². The highest BCUT2D eigenvalue weighted by atomic mass is 35.7. The Morgan fingerprint density at radius 2 is 1.94 bits per heavy atom. The molecule has 1 amide bonds. The Hall–Kier alpha value is -0.490. The number of amides is 1.